The number of carbonyl (C=O) groups excluding carboxylic acids is 1. The molecule has 2 N–H and O–H groups in total. The predicted molar refractivity (Wildman–Crippen MR) is 98.7 cm³/mol. The number of nitrogens with zero attached hydrogens (tertiary/aromatic N) is 2. The van der Waals surface area contributed by atoms with Crippen molar-refractivity contribution in [2.45, 2.75) is 38.0 Å². The van der Waals surface area contributed by atoms with Crippen LogP contribution in [0.1, 0.15) is 33.3 Å². The van der Waals surface area contributed by atoms with Gasteiger partial charge >= 0.3 is 0 Å². The van der Waals surface area contributed by atoms with Crippen molar-refractivity contribution in [3.8, 4) is 0 Å². The molecule has 0 saturated carbocycles. The van der Waals surface area contributed by atoms with Crippen molar-refractivity contribution in [2.75, 3.05) is 32.7 Å². The van der Waals surface area contributed by atoms with Crippen molar-refractivity contribution in [2.24, 2.45) is 11.7 Å². The van der Waals surface area contributed by atoms with Crippen LogP contribution in [-0.4, -0.2) is 56.3 Å². The van der Waals surface area contributed by atoms with Crippen LogP contribution < -0.4 is 5.73 Å². The van der Waals surface area contributed by atoms with Crippen LogP contribution in [0.4, 0.5) is 0 Å². The molecular formula is C18H29N3O3S. The van der Waals surface area contributed by atoms with Crippen molar-refractivity contribution in [1.29, 1.82) is 0 Å². The fourth-order valence-electron chi connectivity index (χ4n) is 2.84. The van der Waals surface area contributed by atoms with E-state index in [4.69, 9.17) is 5.73 Å². The second-order valence-electron chi connectivity index (χ2n) is 7.64. The molecule has 140 valence electrons. The first-order valence-electron chi connectivity index (χ1n) is 8.67. The zero-order valence-electron chi connectivity index (χ0n) is 15.5. The summed E-state index contributed by atoms with van der Waals surface area (Å²) >= 11 is 0. The molecule has 7 heteroatoms. The van der Waals surface area contributed by atoms with E-state index in [0.717, 1.165) is 5.56 Å². The van der Waals surface area contributed by atoms with E-state index >= 15 is 0 Å². The van der Waals surface area contributed by atoms with E-state index in [2.05, 4.69) is 20.8 Å². The Bertz CT molecular complexity index is 700. The fourth-order valence-corrected chi connectivity index (χ4v) is 4.26. The number of carbonyl (C=O) groups is 1. The van der Waals surface area contributed by atoms with Gasteiger partial charge in [-0.3, -0.25) is 4.79 Å². The molecule has 1 aromatic carbocycles. The average molecular weight is 368 g/mol. The molecule has 0 radical (unpaired) electrons. The van der Waals surface area contributed by atoms with Crippen LogP contribution in [-0.2, 0) is 20.2 Å². The first kappa shape index (κ1) is 19.9. The molecule has 1 heterocycles. The van der Waals surface area contributed by atoms with Crippen LogP contribution in [0.3, 0.4) is 0 Å². The van der Waals surface area contributed by atoms with Gasteiger partial charge < -0.3 is 10.6 Å². The lowest BCUT2D eigenvalue weighted by Gasteiger charge is -2.35. The Kier molecular flexibility index (Phi) is 5.91. The largest absolute Gasteiger partial charge is 0.340 e. The standard InChI is InChI=1S/C18H29N3O3S/c1-14(13-19)17(22)20-9-11-21(12-10-20)25(23,24)16-7-5-15(6-8-16)18(2,3)4/h5-8,14H,9-13,19H2,1-4H3. The molecule has 2 rings (SSSR count). The number of hydrogen-bond acceptors (Lipinski definition) is 4. The number of sulfonamides is 1. The molecule has 1 aliphatic heterocycles. The van der Waals surface area contributed by atoms with E-state index in [1.807, 2.05) is 12.1 Å². The molecule has 1 unspecified atom stereocenters. The number of nitrogens with two attached hydrogens (primary N) is 1. The predicted octanol–water partition coefficient (Wildman–Crippen LogP) is 1.41. The van der Waals surface area contributed by atoms with E-state index in [1.165, 1.54) is 4.31 Å². The van der Waals surface area contributed by atoms with Crippen LogP contribution in [0.2, 0.25) is 0 Å². The molecule has 1 saturated heterocycles. The van der Waals surface area contributed by atoms with Gasteiger partial charge in [0.2, 0.25) is 15.9 Å². The maximum Gasteiger partial charge on any atom is 0.243 e. The summed E-state index contributed by atoms with van der Waals surface area (Å²) < 4.78 is 27.1. The van der Waals surface area contributed by atoms with E-state index in [0.29, 0.717) is 37.6 Å². The molecule has 1 aliphatic rings. The highest BCUT2D eigenvalue weighted by atomic mass is 32.2. The zero-order chi connectivity index (χ0) is 18.8. The Hall–Kier alpha value is -1.44. The monoisotopic (exact) mass is 367 g/mol. The van der Waals surface area contributed by atoms with Gasteiger partial charge in [0.1, 0.15) is 0 Å². The lowest BCUT2D eigenvalue weighted by molar-refractivity contribution is -0.135. The summed E-state index contributed by atoms with van der Waals surface area (Å²) in [5.74, 6) is -0.234. The summed E-state index contributed by atoms with van der Waals surface area (Å²) in [6, 6.07) is 7.08. The third kappa shape index (κ3) is 4.40. The highest BCUT2D eigenvalue weighted by molar-refractivity contribution is 7.89. The summed E-state index contributed by atoms with van der Waals surface area (Å²) in [5, 5.41) is 0. The summed E-state index contributed by atoms with van der Waals surface area (Å²) in [6.45, 7) is 9.81. The Morgan fingerprint density at radius 2 is 1.64 bits per heavy atom. The van der Waals surface area contributed by atoms with Crippen LogP contribution in [0.15, 0.2) is 29.2 Å². The highest BCUT2D eigenvalue weighted by Gasteiger charge is 2.31. The van der Waals surface area contributed by atoms with E-state index < -0.39 is 10.0 Å². The maximum atomic E-state index is 12.8. The summed E-state index contributed by atoms with van der Waals surface area (Å²) in [5.41, 5.74) is 6.62. The van der Waals surface area contributed by atoms with Gasteiger partial charge in [-0.15, -0.1) is 0 Å². The molecule has 1 amide bonds. The van der Waals surface area contributed by atoms with Crippen LogP contribution >= 0.6 is 0 Å². The first-order chi connectivity index (χ1) is 11.6. The summed E-state index contributed by atoms with van der Waals surface area (Å²) in [7, 11) is -3.53. The summed E-state index contributed by atoms with van der Waals surface area (Å²) in [4.78, 5) is 14.2. The molecule has 1 atom stereocenters. The van der Waals surface area contributed by atoms with Crippen molar-refractivity contribution in [3.63, 3.8) is 0 Å². The number of amides is 1. The Labute approximate surface area is 151 Å². The third-order valence-electron chi connectivity index (χ3n) is 4.68. The molecule has 25 heavy (non-hydrogen) atoms. The summed E-state index contributed by atoms with van der Waals surface area (Å²) in [6.07, 6.45) is 0. The Morgan fingerprint density at radius 3 is 2.08 bits per heavy atom. The third-order valence-corrected chi connectivity index (χ3v) is 6.60. The van der Waals surface area contributed by atoms with Crippen LogP contribution in [0.25, 0.3) is 0 Å². The Balaban J connectivity index is 2.08. The second kappa shape index (κ2) is 7.43. The van der Waals surface area contributed by atoms with Gasteiger partial charge in [-0.25, -0.2) is 8.42 Å². The van der Waals surface area contributed by atoms with Gasteiger partial charge in [0.15, 0.2) is 0 Å². The normalized spacial score (nSPS) is 18.2. The van der Waals surface area contributed by atoms with Crippen LogP contribution in [0, 0.1) is 5.92 Å². The molecule has 0 aromatic heterocycles. The van der Waals surface area contributed by atoms with Gasteiger partial charge in [0.05, 0.1) is 4.90 Å². The van der Waals surface area contributed by atoms with Gasteiger partial charge in [0.25, 0.3) is 0 Å². The molecule has 1 fully saturated rings. The number of hydrogen-bond donors (Lipinski definition) is 1. The van der Waals surface area contributed by atoms with Crippen LogP contribution in [0.5, 0.6) is 0 Å². The van der Waals surface area contributed by atoms with Crippen molar-refractivity contribution in [3.05, 3.63) is 29.8 Å². The minimum absolute atomic E-state index is 0.00548. The SMILES string of the molecule is CC(CN)C(=O)N1CCN(S(=O)(=O)c2ccc(C(C)(C)C)cc2)CC1. The topological polar surface area (TPSA) is 83.7 Å². The van der Waals surface area contributed by atoms with E-state index in [9.17, 15) is 13.2 Å². The van der Waals surface area contributed by atoms with Crippen molar-refractivity contribution in [1.82, 2.24) is 9.21 Å². The fraction of sp³-hybridized carbons (Fsp3) is 0.611. The number of benzene rings is 1. The number of piperazine rings is 1. The molecule has 6 nitrogen and oxygen atoms in total. The lowest BCUT2D eigenvalue weighted by Crippen LogP contribution is -2.52. The molecule has 0 bridgehead atoms. The minimum Gasteiger partial charge on any atom is -0.340 e. The smallest absolute Gasteiger partial charge is 0.243 e. The Morgan fingerprint density at radius 1 is 1.12 bits per heavy atom. The van der Waals surface area contributed by atoms with E-state index in [-0.39, 0.29) is 17.2 Å². The van der Waals surface area contributed by atoms with Crippen molar-refractivity contribution < 1.29 is 13.2 Å². The first-order valence-corrected chi connectivity index (χ1v) is 10.1. The molecular weight excluding hydrogens is 338 g/mol. The van der Waals surface area contributed by atoms with Gasteiger partial charge in [-0.05, 0) is 23.1 Å². The molecule has 0 spiro atoms. The van der Waals surface area contributed by atoms with E-state index in [1.54, 1.807) is 24.0 Å². The lowest BCUT2D eigenvalue weighted by atomic mass is 9.87. The zero-order valence-corrected chi connectivity index (χ0v) is 16.3. The van der Waals surface area contributed by atoms with Gasteiger partial charge in [-0.2, -0.15) is 4.31 Å². The quantitative estimate of drug-likeness (QED) is 0.872. The van der Waals surface area contributed by atoms with Crippen molar-refractivity contribution >= 4 is 15.9 Å². The second-order valence-corrected chi connectivity index (χ2v) is 9.58. The minimum atomic E-state index is -3.53. The average Bonchev–Trinajstić information content (AvgIpc) is 2.60. The molecule has 0 aliphatic carbocycles. The highest BCUT2D eigenvalue weighted by Crippen LogP contribution is 2.25. The molecule has 1 aromatic rings. The van der Waals surface area contributed by atoms with Gasteiger partial charge in [0, 0.05) is 38.6 Å². The maximum absolute atomic E-state index is 12.8. The number of rotatable bonds is 4. The van der Waals surface area contributed by atoms with Gasteiger partial charge in [-0.1, -0.05) is 39.8 Å².